The molecular weight excluding hydrogens is 202 g/mol. The molecule has 0 bridgehead atoms. The van der Waals surface area contributed by atoms with E-state index < -0.39 is 0 Å². The zero-order valence-corrected chi connectivity index (χ0v) is 9.86. The Morgan fingerprint density at radius 3 is 2.88 bits per heavy atom. The number of amides is 1. The van der Waals surface area contributed by atoms with Crippen molar-refractivity contribution in [2.45, 2.75) is 13.5 Å². The molecule has 0 saturated carbocycles. The van der Waals surface area contributed by atoms with E-state index in [4.69, 9.17) is 5.73 Å². The zero-order chi connectivity index (χ0) is 12.0. The van der Waals surface area contributed by atoms with E-state index >= 15 is 0 Å². The first kappa shape index (κ1) is 12.5. The molecule has 1 amide bonds. The third kappa shape index (κ3) is 3.55. The van der Waals surface area contributed by atoms with E-state index in [1.807, 2.05) is 43.1 Å². The molecule has 0 spiro atoms. The van der Waals surface area contributed by atoms with Gasteiger partial charge in [-0.3, -0.25) is 4.79 Å². The highest BCUT2D eigenvalue weighted by molar-refractivity contribution is 5.81. The minimum atomic E-state index is 0.0307. The lowest BCUT2D eigenvalue weighted by molar-refractivity contribution is -0.119. The van der Waals surface area contributed by atoms with Gasteiger partial charge in [0.1, 0.15) is 0 Å². The van der Waals surface area contributed by atoms with Gasteiger partial charge >= 0.3 is 0 Å². The third-order valence-electron chi connectivity index (χ3n) is 2.34. The number of carbonyl (C=O) groups excluding carboxylic acids is 1. The largest absolute Gasteiger partial charge is 0.365 e. The van der Waals surface area contributed by atoms with E-state index in [1.165, 1.54) is 0 Å². The van der Waals surface area contributed by atoms with Crippen LogP contribution in [0.4, 0.5) is 5.69 Å². The van der Waals surface area contributed by atoms with Crippen LogP contribution in [-0.2, 0) is 11.3 Å². The van der Waals surface area contributed by atoms with Gasteiger partial charge in [-0.05, 0) is 24.6 Å². The molecule has 16 heavy (non-hydrogen) atoms. The van der Waals surface area contributed by atoms with Crippen molar-refractivity contribution in [1.29, 1.82) is 0 Å². The van der Waals surface area contributed by atoms with Crippen LogP contribution in [0.15, 0.2) is 24.3 Å². The molecule has 1 aromatic carbocycles. The summed E-state index contributed by atoms with van der Waals surface area (Å²) in [4.78, 5) is 13.3. The van der Waals surface area contributed by atoms with Crippen LogP contribution < -0.4 is 16.0 Å². The van der Waals surface area contributed by atoms with Crippen LogP contribution >= 0.6 is 0 Å². The predicted octanol–water partition coefficient (Wildman–Crippen LogP) is 0.718. The van der Waals surface area contributed by atoms with E-state index in [9.17, 15) is 4.79 Å². The molecule has 88 valence electrons. The Bertz CT molecular complexity index is 352. The number of nitrogens with two attached hydrogens (primary N) is 1. The minimum absolute atomic E-state index is 0.0307. The molecule has 0 unspecified atom stereocenters. The number of hydrogen-bond acceptors (Lipinski definition) is 3. The summed E-state index contributed by atoms with van der Waals surface area (Å²) in [7, 11) is 1.89. The van der Waals surface area contributed by atoms with Gasteiger partial charge in [-0.15, -0.1) is 0 Å². The number of nitrogens with one attached hydrogen (secondary N) is 1. The Morgan fingerprint density at radius 1 is 1.50 bits per heavy atom. The molecule has 0 aromatic heterocycles. The van der Waals surface area contributed by atoms with E-state index in [0.29, 0.717) is 19.6 Å². The molecule has 0 aliphatic carbocycles. The number of likely N-dealkylation sites (N-methyl/N-ethyl adjacent to an activating group) is 2. The van der Waals surface area contributed by atoms with Gasteiger partial charge < -0.3 is 16.0 Å². The van der Waals surface area contributed by atoms with Crippen molar-refractivity contribution in [3.05, 3.63) is 29.8 Å². The van der Waals surface area contributed by atoms with Gasteiger partial charge in [0.2, 0.25) is 5.91 Å². The quantitative estimate of drug-likeness (QED) is 0.770. The molecule has 3 N–H and O–H groups in total. The molecule has 4 nitrogen and oxygen atoms in total. The first-order valence-electron chi connectivity index (χ1n) is 5.44. The molecule has 1 aromatic rings. The summed E-state index contributed by atoms with van der Waals surface area (Å²) in [6.07, 6.45) is 0. The van der Waals surface area contributed by atoms with Gasteiger partial charge in [0.05, 0.1) is 6.54 Å². The molecule has 0 atom stereocenters. The van der Waals surface area contributed by atoms with E-state index in [0.717, 1.165) is 11.3 Å². The van der Waals surface area contributed by atoms with Gasteiger partial charge in [0, 0.05) is 25.8 Å². The lowest BCUT2D eigenvalue weighted by atomic mass is 10.2. The molecule has 0 radical (unpaired) electrons. The summed E-state index contributed by atoms with van der Waals surface area (Å²) < 4.78 is 0. The van der Waals surface area contributed by atoms with Crippen LogP contribution in [0.1, 0.15) is 12.5 Å². The van der Waals surface area contributed by atoms with Crippen LogP contribution in [-0.4, -0.2) is 26.0 Å². The molecule has 1 rings (SSSR count). The molecule has 4 heteroatoms. The van der Waals surface area contributed by atoms with Crippen molar-refractivity contribution in [2.24, 2.45) is 5.73 Å². The number of carbonyl (C=O) groups is 1. The van der Waals surface area contributed by atoms with Gasteiger partial charge in [0.15, 0.2) is 0 Å². The van der Waals surface area contributed by atoms with Crippen molar-refractivity contribution < 1.29 is 4.79 Å². The first-order chi connectivity index (χ1) is 7.67. The SMILES string of the molecule is CCNC(=O)CN(C)c1cccc(CN)c1. The van der Waals surface area contributed by atoms with E-state index in [2.05, 4.69) is 5.32 Å². The Kier molecular flexibility index (Phi) is 4.79. The molecule has 0 aliphatic rings. The average Bonchev–Trinajstić information content (AvgIpc) is 2.29. The van der Waals surface area contributed by atoms with Crippen molar-refractivity contribution in [1.82, 2.24) is 5.32 Å². The standard InChI is InChI=1S/C12H19N3O/c1-3-14-12(16)9-15(2)11-6-4-5-10(7-11)8-13/h4-7H,3,8-9,13H2,1-2H3,(H,14,16). The monoisotopic (exact) mass is 221 g/mol. The number of nitrogens with zero attached hydrogens (tertiary/aromatic N) is 1. The van der Waals surface area contributed by atoms with Gasteiger partial charge in [-0.25, -0.2) is 0 Å². The highest BCUT2D eigenvalue weighted by Crippen LogP contribution is 2.13. The Balaban J connectivity index is 2.64. The summed E-state index contributed by atoms with van der Waals surface area (Å²) in [5, 5.41) is 2.77. The maximum atomic E-state index is 11.4. The van der Waals surface area contributed by atoms with Crippen molar-refractivity contribution >= 4 is 11.6 Å². The lowest BCUT2D eigenvalue weighted by Crippen LogP contribution is -2.34. The Morgan fingerprint density at radius 2 is 2.25 bits per heavy atom. The van der Waals surface area contributed by atoms with E-state index in [-0.39, 0.29) is 5.91 Å². The van der Waals surface area contributed by atoms with E-state index in [1.54, 1.807) is 0 Å². The molecule has 0 saturated heterocycles. The predicted molar refractivity (Wildman–Crippen MR) is 66.3 cm³/mol. The number of anilines is 1. The van der Waals surface area contributed by atoms with Gasteiger partial charge in [-0.2, -0.15) is 0 Å². The van der Waals surface area contributed by atoms with Crippen LogP contribution in [0.3, 0.4) is 0 Å². The maximum absolute atomic E-state index is 11.4. The average molecular weight is 221 g/mol. The molecule has 0 heterocycles. The fraction of sp³-hybridized carbons (Fsp3) is 0.417. The second kappa shape index (κ2) is 6.12. The third-order valence-corrected chi connectivity index (χ3v) is 2.34. The molecule has 0 fully saturated rings. The highest BCUT2D eigenvalue weighted by atomic mass is 16.1. The van der Waals surface area contributed by atoms with Crippen molar-refractivity contribution in [3.8, 4) is 0 Å². The summed E-state index contributed by atoms with van der Waals surface area (Å²) in [6, 6.07) is 7.90. The Labute approximate surface area is 96.4 Å². The minimum Gasteiger partial charge on any atom is -0.365 e. The Hall–Kier alpha value is -1.55. The summed E-state index contributed by atoms with van der Waals surface area (Å²) >= 11 is 0. The van der Waals surface area contributed by atoms with Crippen LogP contribution in [0.25, 0.3) is 0 Å². The number of benzene rings is 1. The van der Waals surface area contributed by atoms with Crippen LogP contribution in [0.2, 0.25) is 0 Å². The number of rotatable bonds is 5. The lowest BCUT2D eigenvalue weighted by Gasteiger charge is -2.19. The first-order valence-corrected chi connectivity index (χ1v) is 5.44. The maximum Gasteiger partial charge on any atom is 0.239 e. The summed E-state index contributed by atoms with van der Waals surface area (Å²) in [5.41, 5.74) is 7.65. The second-order valence-electron chi connectivity index (χ2n) is 3.68. The van der Waals surface area contributed by atoms with Gasteiger partial charge in [0.25, 0.3) is 0 Å². The summed E-state index contributed by atoms with van der Waals surface area (Å²) in [6.45, 7) is 3.45. The van der Waals surface area contributed by atoms with Crippen LogP contribution in [0.5, 0.6) is 0 Å². The molecular formula is C12H19N3O. The van der Waals surface area contributed by atoms with Gasteiger partial charge in [-0.1, -0.05) is 12.1 Å². The summed E-state index contributed by atoms with van der Waals surface area (Å²) in [5.74, 6) is 0.0307. The zero-order valence-electron chi connectivity index (χ0n) is 9.86. The van der Waals surface area contributed by atoms with Crippen LogP contribution in [0, 0.1) is 0 Å². The molecule has 0 aliphatic heterocycles. The topological polar surface area (TPSA) is 58.4 Å². The normalized spacial score (nSPS) is 9.94. The smallest absolute Gasteiger partial charge is 0.239 e. The fourth-order valence-corrected chi connectivity index (χ4v) is 1.48. The second-order valence-corrected chi connectivity index (χ2v) is 3.68. The fourth-order valence-electron chi connectivity index (χ4n) is 1.48. The van der Waals surface area contributed by atoms with Crippen molar-refractivity contribution in [2.75, 3.05) is 25.0 Å². The number of hydrogen-bond donors (Lipinski definition) is 2. The highest BCUT2D eigenvalue weighted by Gasteiger charge is 2.06. The van der Waals surface area contributed by atoms with Crippen molar-refractivity contribution in [3.63, 3.8) is 0 Å².